The zero-order valence-electron chi connectivity index (χ0n) is 49.9. The summed E-state index contributed by atoms with van der Waals surface area (Å²) in [6.45, 7) is 12.3. The molecule has 466 valence electrons. The number of carboxylic acids is 1. The van der Waals surface area contributed by atoms with Crippen LogP contribution in [0, 0.1) is 0 Å². The Morgan fingerprint density at radius 3 is 1.42 bits per heavy atom. The fourth-order valence-electron chi connectivity index (χ4n) is 11.0. The monoisotopic (exact) mass is 1230 g/mol. The van der Waals surface area contributed by atoms with E-state index >= 15 is 0 Å². The molecular weight excluding hydrogens is 1150 g/mol. The number of nitrogens with one attached hydrogen (secondary N) is 2. The number of methoxy groups -OCH3 is 2. The summed E-state index contributed by atoms with van der Waals surface area (Å²) >= 11 is 13.1. The fourth-order valence-corrected chi connectivity index (χ4v) is 11.4. The molecule has 0 spiro atoms. The maximum absolute atomic E-state index is 14.8. The average molecular weight is 1230 g/mol. The standard InChI is InChI=1S/C30H42ClFN6O6.C28H37ClFN5O6/c1-30(2,3)44-29(41)33-21-11-9-13-36(17-21)26-22(14-19-10-7-8-12-23(19)31)25(34-38(26)18-42-5)28(40)37-16-20(32)15-24(37)27(39)35(4)43-6;1-28(2,3)41-27(39)31-19-9-7-11-33(15-19)24-20(12-17-8-5-6-10-21(17)29)23(32-35(24)16-40-4)25(36)34-14-18(30)13-22(34)26(37)38/h7-8,10,12,20-21,24H,9,11,13-18H2,1-6H3,(H,33,41);5-6,8,10,18-19,22H,7,9,11-16H2,1-4H3,(H,31,39)(H,37,38)/t20-,21+,24-;18-,19+,22-/m00/s1. The van der Waals surface area contributed by atoms with Crippen LogP contribution in [0.5, 0.6) is 0 Å². The molecule has 2 aromatic carbocycles. The lowest BCUT2D eigenvalue weighted by molar-refractivity contribution is -0.172. The Labute approximate surface area is 504 Å². The second-order valence-corrected chi connectivity index (χ2v) is 24.3. The molecule has 4 aliphatic heterocycles. The van der Waals surface area contributed by atoms with Gasteiger partial charge < -0.3 is 54.3 Å². The van der Waals surface area contributed by atoms with Crippen molar-refractivity contribution in [3.05, 3.63) is 92.2 Å². The van der Waals surface area contributed by atoms with Gasteiger partial charge in [0, 0.05) is 106 Å². The highest BCUT2D eigenvalue weighted by atomic mass is 35.5. The number of anilines is 2. The van der Waals surface area contributed by atoms with Crippen LogP contribution in [-0.2, 0) is 59.7 Å². The number of aromatic nitrogens is 4. The van der Waals surface area contributed by atoms with Crippen molar-refractivity contribution in [2.45, 2.75) is 154 Å². The second kappa shape index (κ2) is 28.6. The third-order valence-corrected chi connectivity index (χ3v) is 15.4. The number of ether oxygens (including phenoxy) is 4. The summed E-state index contributed by atoms with van der Waals surface area (Å²) in [5.74, 6) is -1.83. The van der Waals surface area contributed by atoms with Crippen molar-refractivity contribution in [1.29, 1.82) is 0 Å². The van der Waals surface area contributed by atoms with Crippen molar-refractivity contribution in [3.63, 3.8) is 0 Å². The van der Waals surface area contributed by atoms with Crippen LogP contribution in [0.15, 0.2) is 48.5 Å². The van der Waals surface area contributed by atoms with Gasteiger partial charge in [-0.2, -0.15) is 10.2 Å². The molecule has 0 radical (unpaired) electrons. The molecule has 0 aliphatic carbocycles. The Hall–Kier alpha value is -6.80. The summed E-state index contributed by atoms with van der Waals surface area (Å²) in [6.07, 6.45) is -0.868. The Kier molecular flexibility index (Phi) is 22.1. The van der Waals surface area contributed by atoms with Crippen LogP contribution in [0.3, 0.4) is 0 Å². The first-order valence-corrected chi connectivity index (χ1v) is 29.0. The van der Waals surface area contributed by atoms with Crippen molar-refractivity contribution in [2.24, 2.45) is 0 Å². The molecule has 27 heteroatoms. The van der Waals surface area contributed by atoms with E-state index in [0.29, 0.717) is 59.0 Å². The lowest BCUT2D eigenvalue weighted by atomic mass is 10.0. The minimum atomic E-state index is -1.45. The van der Waals surface area contributed by atoms with Gasteiger partial charge in [-0.05, 0) is 90.5 Å². The number of carbonyl (C=O) groups excluding carboxylic acids is 5. The van der Waals surface area contributed by atoms with Crippen LogP contribution < -0.4 is 20.4 Å². The largest absolute Gasteiger partial charge is 0.480 e. The number of halogens is 4. The third-order valence-electron chi connectivity index (χ3n) is 14.7. The van der Waals surface area contributed by atoms with Gasteiger partial charge in [-0.1, -0.05) is 59.6 Å². The molecule has 4 aromatic rings. The van der Waals surface area contributed by atoms with E-state index in [2.05, 4.69) is 25.7 Å². The Bertz CT molecular complexity index is 3030. The molecule has 4 fully saturated rings. The summed E-state index contributed by atoms with van der Waals surface area (Å²) in [5.41, 5.74) is 1.38. The van der Waals surface area contributed by atoms with Crippen molar-refractivity contribution in [3.8, 4) is 0 Å². The molecule has 2 aromatic heterocycles. The molecule has 8 rings (SSSR count). The van der Waals surface area contributed by atoms with Crippen LogP contribution in [0.1, 0.15) is 123 Å². The number of rotatable bonds is 17. The number of carbonyl (C=O) groups is 6. The lowest BCUT2D eigenvalue weighted by Crippen LogP contribution is -2.49. The SMILES string of the molecule is COCn1nc(C(=O)N2C[C@@H](F)C[C@H]2C(=O)N(C)OC)c(Cc2ccccc2Cl)c1N1CCC[C@@H](NC(=O)OC(C)(C)C)C1.COCn1nc(C(=O)N2C[C@@H](F)C[C@H]2C(=O)O)c(Cc2ccccc2Cl)c1N1CCC[C@@H](NC(=O)OC(C)(C)C)C1. The minimum absolute atomic E-state index is 0.00684. The average Bonchev–Trinajstić information content (AvgIpc) is 2.30. The number of hydrogen-bond acceptors (Lipinski definition) is 15. The number of likely N-dealkylation sites (N-methyl/N-ethyl adjacent to an activating group) is 1. The predicted octanol–water partition coefficient (Wildman–Crippen LogP) is 7.66. The van der Waals surface area contributed by atoms with Gasteiger partial charge in [0.25, 0.3) is 17.7 Å². The number of hydroxylamine groups is 2. The van der Waals surface area contributed by atoms with Crippen LogP contribution in [0.25, 0.3) is 0 Å². The van der Waals surface area contributed by atoms with E-state index < -0.39 is 71.5 Å². The molecule has 4 aliphatic rings. The number of nitrogens with zero attached hydrogens (tertiary/aromatic N) is 9. The molecule has 6 heterocycles. The molecule has 23 nitrogen and oxygen atoms in total. The fraction of sp³-hybridized carbons (Fsp3) is 0.586. The minimum Gasteiger partial charge on any atom is -0.480 e. The molecule has 5 amide bonds. The molecule has 3 N–H and O–H groups in total. The first-order valence-electron chi connectivity index (χ1n) is 28.3. The van der Waals surface area contributed by atoms with Crippen molar-refractivity contribution in [2.75, 3.05) is 77.4 Å². The van der Waals surface area contributed by atoms with Gasteiger partial charge in [-0.25, -0.2) is 37.6 Å². The molecule has 0 unspecified atom stereocenters. The number of aliphatic carboxylic acids is 1. The summed E-state index contributed by atoms with van der Waals surface area (Å²) in [6, 6.07) is 11.7. The van der Waals surface area contributed by atoms with E-state index in [9.17, 15) is 42.7 Å². The van der Waals surface area contributed by atoms with Crippen LogP contribution in [-0.4, -0.2) is 191 Å². The van der Waals surface area contributed by atoms with E-state index in [0.717, 1.165) is 46.8 Å². The number of carboxylic acid groups (broad SMARTS) is 1. The van der Waals surface area contributed by atoms with Gasteiger partial charge in [-0.3, -0.25) is 19.2 Å². The van der Waals surface area contributed by atoms with Gasteiger partial charge in [0.15, 0.2) is 11.4 Å². The van der Waals surface area contributed by atoms with Crippen LogP contribution >= 0.6 is 23.2 Å². The molecule has 4 saturated heterocycles. The topological polar surface area (TPSA) is 245 Å². The summed E-state index contributed by atoms with van der Waals surface area (Å²) in [4.78, 5) is 89.5. The van der Waals surface area contributed by atoms with Gasteiger partial charge in [0.2, 0.25) is 0 Å². The predicted molar refractivity (Wildman–Crippen MR) is 312 cm³/mol. The van der Waals surface area contributed by atoms with Crippen LogP contribution in [0.4, 0.5) is 30.0 Å². The number of alkyl halides is 2. The number of piperidine rings is 2. The highest BCUT2D eigenvalue weighted by Gasteiger charge is 2.45. The molecular formula is C58H79Cl2F2N11O12. The van der Waals surface area contributed by atoms with E-state index in [1.807, 2.05) is 35.2 Å². The number of hydrogen-bond donors (Lipinski definition) is 3. The number of likely N-dealkylation sites (tertiary alicyclic amines) is 2. The highest BCUT2D eigenvalue weighted by Crippen LogP contribution is 2.36. The first kappa shape index (κ1) is 65.7. The summed E-state index contributed by atoms with van der Waals surface area (Å²) in [7, 11) is 5.77. The van der Waals surface area contributed by atoms with Crippen LogP contribution in [0.2, 0.25) is 10.0 Å². The second-order valence-electron chi connectivity index (χ2n) is 23.5. The first-order chi connectivity index (χ1) is 40.2. The van der Waals surface area contributed by atoms with Gasteiger partial charge in [0.1, 0.15) is 60.7 Å². The zero-order valence-corrected chi connectivity index (χ0v) is 51.4. The number of benzene rings is 2. The van der Waals surface area contributed by atoms with Gasteiger partial charge in [0.05, 0.1) is 20.2 Å². The Balaban J connectivity index is 0.000000244. The maximum atomic E-state index is 14.8. The normalized spacial score (nSPS) is 20.8. The Morgan fingerprint density at radius 2 is 1.05 bits per heavy atom. The smallest absolute Gasteiger partial charge is 0.407 e. The van der Waals surface area contributed by atoms with E-state index in [-0.39, 0.29) is 75.7 Å². The van der Waals surface area contributed by atoms with E-state index in [1.165, 1.54) is 33.3 Å². The van der Waals surface area contributed by atoms with Gasteiger partial charge >= 0.3 is 18.2 Å². The zero-order chi connectivity index (χ0) is 62.1. The Morgan fingerprint density at radius 1 is 0.647 bits per heavy atom. The van der Waals surface area contributed by atoms with Gasteiger partial charge in [-0.15, -0.1) is 0 Å². The number of alkyl carbamates (subject to hydrolysis) is 2. The number of amides is 5. The maximum Gasteiger partial charge on any atom is 0.407 e. The quantitative estimate of drug-likeness (QED) is 0.0859. The van der Waals surface area contributed by atoms with Crippen molar-refractivity contribution < 1.29 is 66.4 Å². The molecule has 85 heavy (non-hydrogen) atoms. The van der Waals surface area contributed by atoms with E-state index in [4.69, 9.17) is 47.0 Å². The molecule has 0 bridgehead atoms. The van der Waals surface area contributed by atoms with Crippen molar-refractivity contribution in [1.82, 2.24) is 45.1 Å². The summed E-state index contributed by atoms with van der Waals surface area (Å²) < 4.78 is 54.0. The molecule has 0 saturated carbocycles. The lowest BCUT2D eigenvalue weighted by Gasteiger charge is -2.35. The van der Waals surface area contributed by atoms with Crippen molar-refractivity contribution >= 4 is 70.7 Å². The highest BCUT2D eigenvalue weighted by molar-refractivity contribution is 6.31. The molecule has 6 atom stereocenters. The third kappa shape index (κ3) is 16.8. The summed E-state index contributed by atoms with van der Waals surface area (Å²) in [5, 5.41) is 26.9. The van der Waals surface area contributed by atoms with E-state index in [1.54, 1.807) is 69.1 Å².